The molecule has 0 aliphatic carbocycles. The lowest BCUT2D eigenvalue weighted by atomic mass is 10.1. The number of hydrogen-bond donors (Lipinski definition) is 2. The lowest BCUT2D eigenvalue weighted by Gasteiger charge is -2.08. The molecule has 1 atom stereocenters. The molecule has 1 aromatic rings. The fourth-order valence-corrected chi connectivity index (χ4v) is 1.31. The van der Waals surface area contributed by atoms with Crippen LogP contribution in [-0.4, -0.2) is 17.0 Å². The number of aliphatic hydroxyl groups is 1. The molecule has 1 heterocycles. The topological polar surface area (TPSA) is 58.9 Å². The van der Waals surface area contributed by atoms with Crippen molar-refractivity contribution in [3.05, 3.63) is 17.7 Å². The maximum absolute atomic E-state index is 9.62. The number of hydrogen-bond acceptors (Lipinski definition) is 4. The van der Waals surface area contributed by atoms with E-state index in [2.05, 4.69) is 0 Å². The highest BCUT2D eigenvalue weighted by molar-refractivity contribution is 5.56. The van der Waals surface area contributed by atoms with Gasteiger partial charge in [-0.05, 0) is 19.1 Å². The summed E-state index contributed by atoms with van der Waals surface area (Å²) in [7, 11) is 0. The Morgan fingerprint density at radius 1 is 1.38 bits per heavy atom. The largest absolute Gasteiger partial charge is 0.504 e. The van der Waals surface area contributed by atoms with Crippen LogP contribution in [0.3, 0.4) is 0 Å². The van der Waals surface area contributed by atoms with Crippen LogP contribution < -0.4 is 9.47 Å². The molecule has 1 aliphatic heterocycles. The first-order valence-electron chi connectivity index (χ1n) is 3.99. The van der Waals surface area contributed by atoms with Gasteiger partial charge in [0.1, 0.15) is 0 Å². The van der Waals surface area contributed by atoms with E-state index in [9.17, 15) is 10.2 Å². The number of benzene rings is 1. The second kappa shape index (κ2) is 2.81. The van der Waals surface area contributed by atoms with Crippen LogP contribution >= 0.6 is 0 Å². The van der Waals surface area contributed by atoms with Crippen molar-refractivity contribution in [2.45, 2.75) is 13.0 Å². The van der Waals surface area contributed by atoms with Gasteiger partial charge in [0, 0.05) is 5.56 Å². The number of phenolic OH excluding ortho intramolecular Hbond substituents is 1. The molecule has 0 aromatic heterocycles. The minimum Gasteiger partial charge on any atom is -0.504 e. The summed E-state index contributed by atoms with van der Waals surface area (Å²) in [5.74, 6) is 0.797. The molecule has 1 unspecified atom stereocenters. The third-order valence-corrected chi connectivity index (χ3v) is 1.99. The second-order valence-corrected chi connectivity index (χ2v) is 2.91. The second-order valence-electron chi connectivity index (χ2n) is 2.91. The zero-order chi connectivity index (χ0) is 9.42. The lowest BCUT2D eigenvalue weighted by Crippen LogP contribution is -1.94. The summed E-state index contributed by atoms with van der Waals surface area (Å²) in [6.07, 6.45) is -0.713. The van der Waals surface area contributed by atoms with Gasteiger partial charge in [-0.2, -0.15) is 0 Å². The van der Waals surface area contributed by atoms with E-state index in [0.717, 1.165) is 0 Å². The smallest absolute Gasteiger partial charge is 0.231 e. The highest BCUT2D eigenvalue weighted by atomic mass is 16.7. The molecular formula is C9H10O4. The van der Waals surface area contributed by atoms with E-state index in [-0.39, 0.29) is 12.5 Å². The van der Waals surface area contributed by atoms with Gasteiger partial charge in [0.05, 0.1) is 6.10 Å². The summed E-state index contributed by atoms with van der Waals surface area (Å²) >= 11 is 0. The standard InChI is InChI=1S/C9H10O4/c1-5(10)6-2-3-7-9(8(6)11)13-4-12-7/h2-3,5,10-11H,4H2,1H3. The highest BCUT2D eigenvalue weighted by Gasteiger charge is 2.21. The average molecular weight is 182 g/mol. The Hall–Kier alpha value is -1.42. The van der Waals surface area contributed by atoms with Gasteiger partial charge in [0.15, 0.2) is 11.5 Å². The maximum atomic E-state index is 9.62. The van der Waals surface area contributed by atoms with Crippen LogP contribution in [-0.2, 0) is 0 Å². The van der Waals surface area contributed by atoms with Crippen molar-refractivity contribution in [3.8, 4) is 17.2 Å². The maximum Gasteiger partial charge on any atom is 0.231 e. The molecule has 1 aliphatic rings. The molecule has 1 aromatic carbocycles. The molecule has 0 spiro atoms. The highest BCUT2D eigenvalue weighted by Crippen LogP contribution is 2.43. The third-order valence-electron chi connectivity index (χ3n) is 1.99. The molecule has 0 amide bonds. The third kappa shape index (κ3) is 1.19. The van der Waals surface area contributed by atoms with E-state index in [1.807, 2.05) is 0 Å². The van der Waals surface area contributed by atoms with Gasteiger partial charge in [-0.15, -0.1) is 0 Å². The number of aromatic hydroxyl groups is 1. The van der Waals surface area contributed by atoms with Crippen LogP contribution in [0.5, 0.6) is 17.2 Å². The summed E-state index contributed by atoms with van der Waals surface area (Å²) in [5.41, 5.74) is 0.448. The predicted molar refractivity (Wildman–Crippen MR) is 44.9 cm³/mol. The van der Waals surface area contributed by atoms with E-state index >= 15 is 0 Å². The Labute approximate surface area is 75.3 Å². The van der Waals surface area contributed by atoms with Crippen molar-refractivity contribution in [2.75, 3.05) is 6.79 Å². The average Bonchev–Trinajstić information content (AvgIpc) is 2.52. The monoisotopic (exact) mass is 182 g/mol. The summed E-state index contributed by atoms with van der Waals surface area (Å²) in [6, 6.07) is 3.29. The van der Waals surface area contributed by atoms with E-state index in [1.165, 1.54) is 0 Å². The van der Waals surface area contributed by atoms with Gasteiger partial charge in [-0.25, -0.2) is 0 Å². The number of ether oxygens (including phenoxy) is 2. The summed E-state index contributed by atoms with van der Waals surface area (Å²) < 4.78 is 10.1. The summed E-state index contributed by atoms with van der Waals surface area (Å²) in [4.78, 5) is 0. The predicted octanol–water partition coefficient (Wildman–Crippen LogP) is 1.17. The van der Waals surface area contributed by atoms with Gasteiger partial charge in [-0.1, -0.05) is 0 Å². The first-order chi connectivity index (χ1) is 6.20. The van der Waals surface area contributed by atoms with Crippen molar-refractivity contribution in [3.63, 3.8) is 0 Å². The number of fused-ring (bicyclic) bond motifs is 1. The first kappa shape index (κ1) is 8.19. The van der Waals surface area contributed by atoms with Gasteiger partial charge in [0.25, 0.3) is 0 Å². The molecule has 0 saturated carbocycles. The first-order valence-corrected chi connectivity index (χ1v) is 3.99. The van der Waals surface area contributed by atoms with Crippen LogP contribution in [0.2, 0.25) is 0 Å². The minimum atomic E-state index is -0.713. The molecule has 0 saturated heterocycles. The molecule has 4 nitrogen and oxygen atoms in total. The Kier molecular flexibility index (Phi) is 1.77. The number of phenols is 1. The van der Waals surface area contributed by atoms with Crippen molar-refractivity contribution in [1.82, 2.24) is 0 Å². The van der Waals surface area contributed by atoms with Crippen molar-refractivity contribution < 1.29 is 19.7 Å². The minimum absolute atomic E-state index is 0.0370. The van der Waals surface area contributed by atoms with Gasteiger partial charge in [0.2, 0.25) is 12.5 Å². The van der Waals surface area contributed by atoms with Crippen LogP contribution in [0.15, 0.2) is 12.1 Å². The molecule has 2 N–H and O–H groups in total. The molecule has 13 heavy (non-hydrogen) atoms. The van der Waals surface area contributed by atoms with Crippen LogP contribution in [0, 0.1) is 0 Å². The Balaban J connectivity index is 2.52. The molecule has 0 fully saturated rings. The number of aliphatic hydroxyl groups excluding tert-OH is 1. The fourth-order valence-electron chi connectivity index (χ4n) is 1.31. The molecule has 0 bridgehead atoms. The van der Waals surface area contributed by atoms with Crippen LogP contribution in [0.1, 0.15) is 18.6 Å². The van der Waals surface area contributed by atoms with Gasteiger partial charge < -0.3 is 19.7 Å². The van der Waals surface area contributed by atoms with Crippen molar-refractivity contribution >= 4 is 0 Å². The molecule has 70 valence electrons. The fraction of sp³-hybridized carbons (Fsp3) is 0.333. The van der Waals surface area contributed by atoms with Gasteiger partial charge >= 0.3 is 0 Å². The SMILES string of the molecule is CC(O)c1ccc2c(c1O)OCO2. The van der Waals surface area contributed by atoms with Crippen LogP contribution in [0.4, 0.5) is 0 Å². The number of rotatable bonds is 1. The van der Waals surface area contributed by atoms with Crippen molar-refractivity contribution in [1.29, 1.82) is 0 Å². The van der Waals surface area contributed by atoms with Crippen molar-refractivity contribution in [2.24, 2.45) is 0 Å². The van der Waals surface area contributed by atoms with E-state index in [1.54, 1.807) is 19.1 Å². The van der Waals surface area contributed by atoms with E-state index < -0.39 is 6.10 Å². The zero-order valence-electron chi connectivity index (χ0n) is 7.15. The molecule has 4 heteroatoms. The van der Waals surface area contributed by atoms with Crippen LogP contribution in [0.25, 0.3) is 0 Å². The zero-order valence-corrected chi connectivity index (χ0v) is 7.15. The molecule has 0 radical (unpaired) electrons. The quantitative estimate of drug-likeness (QED) is 0.684. The Morgan fingerprint density at radius 3 is 2.85 bits per heavy atom. The lowest BCUT2D eigenvalue weighted by molar-refractivity contribution is 0.169. The molecular weight excluding hydrogens is 172 g/mol. The van der Waals surface area contributed by atoms with E-state index in [0.29, 0.717) is 17.1 Å². The normalized spacial score (nSPS) is 15.8. The van der Waals surface area contributed by atoms with Gasteiger partial charge in [-0.3, -0.25) is 0 Å². The van der Waals surface area contributed by atoms with E-state index in [4.69, 9.17) is 9.47 Å². The summed E-state index contributed by atoms with van der Waals surface area (Å²) in [6.45, 7) is 1.70. The summed E-state index contributed by atoms with van der Waals surface area (Å²) in [5, 5.41) is 18.9. The Bertz CT molecular complexity index is 333. The molecule has 2 rings (SSSR count). The Morgan fingerprint density at radius 2 is 2.15 bits per heavy atom.